The number of nitro benzene ring substituents is 1. The van der Waals surface area contributed by atoms with Crippen LogP contribution in [0.2, 0.25) is 0 Å². The van der Waals surface area contributed by atoms with Gasteiger partial charge in [0.05, 0.1) is 23.5 Å². The number of ether oxygens (including phenoxy) is 1. The molecule has 1 aromatic rings. The number of Topliss-reactive ketones (excluding diaryl/α,β-unsaturated/α-hetero) is 1. The number of allylic oxidation sites excluding steroid dienone is 1. The lowest BCUT2D eigenvalue weighted by atomic mass is 10.1. The van der Waals surface area contributed by atoms with Crippen LogP contribution in [-0.4, -0.2) is 23.7 Å². The topological polar surface area (TPSA) is 69.4 Å². The van der Waals surface area contributed by atoms with Gasteiger partial charge in [-0.1, -0.05) is 6.07 Å². The van der Waals surface area contributed by atoms with Crippen molar-refractivity contribution in [2.45, 2.75) is 6.92 Å². The van der Waals surface area contributed by atoms with E-state index >= 15 is 0 Å². The minimum atomic E-state index is -0.545. The molecule has 96 valence electrons. The summed E-state index contributed by atoms with van der Waals surface area (Å²) in [6, 6.07) is 4.64. The molecule has 0 amide bonds. The molecule has 0 bridgehead atoms. The summed E-state index contributed by atoms with van der Waals surface area (Å²) in [6.07, 6.45) is 1.41. The largest absolute Gasteiger partial charge is 0.490 e. The first-order valence-electron chi connectivity index (χ1n) is 5.10. The fourth-order valence-corrected chi connectivity index (χ4v) is 1.70. The molecule has 6 heteroatoms. The van der Waals surface area contributed by atoms with Gasteiger partial charge in [-0.25, -0.2) is 0 Å². The third-order valence-electron chi connectivity index (χ3n) is 2.36. The summed E-state index contributed by atoms with van der Waals surface area (Å²) < 4.78 is 4.93. The summed E-state index contributed by atoms with van der Waals surface area (Å²) in [7, 11) is 1.35. The SMILES string of the molecule is COc1cccc(/C=C(/CCl)C(C)=O)c1[N+](=O)[O-]. The summed E-state index contributed by atoms with van der Waals surface area (Å²) in [4.78, 5) is 21.7. The van der Waals surface area contributed by atoms with E-state index in [1.165, 1.54) is 32.2 Å². The second-order valence-electron chi connectivity index (χ2n) is 3.51. The molecular weight excluding hydrogens is 258 g/mol. The van der Waals surface area contributed by atoms with Gasteiger partial charge in [0, 0.05) is 5.57 Å². The summed E-state index contributed by atoms with van der Waals surface area (Å²) in [5, 5.41) is 11.0. The molecule has 0 spiro atoms. The summed E-state index contributed by atoms with van der Waals surface area (Å²) in [5.41, 5.74) is 0.432. The fourth-order valence-electron chi connectivity index (χ4n) is 1.44. The van der Waals surface area contributed by atoms with Crippen molar-refractivity contribution in [2.75, 3.05) is 13.0 Å². The number of carbonyl (C=O) groups excluding carboxylic acids is 1. The number of methoxy groups -OCH3 is 1. The van der Waals surface area contributed by atoms with Crippen molar-refractivity contribution in [1.82, 2.24) is 0 Å². The summed E-state index contributed by atoms with van der Waals surface area (Å²) in [5.74, 6) is -0.0719. The molecule has 18 heavy (non-hydrogen) atoms. The first-order chi connectivity index (χ1) is 8.51. The number of halogens is 1. The Labute approximate surface area is 109 Å². The Morgan fingerprint density at radius 2 is 2.22 bits per heavy atom. The molecule has 0 radical (unpaired) electrons. The van der Waals surface area contributed by atoms with Gasteiger partial charge in [0.1, 0.15) is 0 Å². The van der Waals surface area contributed by atoms with Gasteiger partial charge in [0.15, 0.2) is 11.5 Å². The van der Waals surface area contributed by atoms with Crippen molar-refractivity contribution in [1.29, 1.82) is 0 Å². The van der Waals surface area contributed by atoms with E-state index in [-0.39, 0.29) is 23.1 Å². The van der Waals surface area contributed by atoms with Gasteiger partial charge < -0.3 is 4.74 Å². The average Bonchev–Trinajstić information content (AvgIpc) is 2.34. The van der Waals surface area contributed by atoms with E-state index in [4.69, 9.17) is 16.3 Å². The van der Waals surface area contributed by atoms with Crippen LogP contribution < -0.4 is 4.74 Å². The Hall–Kier alpha value is -1.88. The molecule has 0 fully saturated rings. The molecular formula is C12H12ClNO4. The third-order valence-corrected chi connectivity index (χ3v) is 2.65. The predicted octanol–water partition coefficient (Wildman–Crippen LogP) is 2.81. The first-order valence-corrected chi connectivity index (χ1v) is 5.63. The van der Waals surface area contributed by atoms with E-state index < -0.39 is 4.92 Å². The van der Waals surface area contributed by atoms with E-state index in [1.54, 1.807) is 6.07 Å². The zero-order chi connectivity index (χ0) is 13.7. The van der Waals surface area contributed by atoms with E-state index in [0.717, 1.165) is 0 Å². The van der Waals surface area contributed by atoms with Gasteiger partial charge in [-0.15, -0.1) is 11.6 Å². The lowest BCUT2D eigenvalue weighted by Crippen LogP contribution is -2.00. The Kier molecular flexibility index (Phi) is 4.85. The van der Waals surface area contributed by atoms with E-state index in [1.807, 2.05) is 0 Å². The number of nitrogens with zero attached hydrogens (tertiary/aromatic N) is 1. The standard InChI is InChI=1S/C12H12ClNO4/c1-8(15)10(7-13)6-9-4-3-5-11(18-2)12(9)14(16)17/h3-6H,7H2,1-2H3/b10-6-. The lowest BCUT2D eigenvalue weighted by molar-refractivity contribution is -0.386. The van der Waals surface area contributed by atoms with Crippen LogP contribution in [0.15, 0.2) is 23.8 Å². The quantitative estimate of drug-likeness (QED) is 0.357. The average molecular weight is 270 g/mol. The molecule has 0 N–H and O–H groups in total. The molecule has 1 aromatic carbocycles. The highest BCUT2D eigenvalue weighted by Crippen LogP contribution is 2.32. The number of alkyl halides is 1. The zero-order valence-corrected chi connectivity index (χ0v) is 10.7. The fraction of sp³-hybridized carbons (Fsp3) is 0.250. The number of carbonyl (C=O) groups is 1. The normalized spacial score (nSPS) is 11.2. The van der Waals surface area contributed by atoms with Crippen molar-refractivity contribution >= 4 is 29.1 Å². The summed E-state index contributed by atoms with van der Waals surface area (Å²) in [6.45, 7) is 1.36. The van der Waals surface area contributed by atoms with Crippen LogP contribution in [0.5, 0.6) is 5.75 Å². The molecule has 0 saturated heterocycles. The highest BCUT2D eigenvalue weighted by atomic mass is 35.5. The number of hydrogen-bond acceptors (Lipinski definition) is 4. The van der Waals surface area contributed by atoms with Crippen LogP contribution in [-0.2, 0) is 4.79 Å². The van der Waals surface area contributed by atoms with E-state index in [0.29, 0.717) is 11.1 Å². The van der Waals surface area contributed by atoms with Crippen molar-refractivity contribution in [3.05, 3.63) is 39.4 Å². The van der Waals surface area contributed by atoms with E-state index in [9.17, 15) is 14.9 Å². The maximum Gasteiger partial charge on any atom is 0.318 e. The number of hydrogen-bond donors (Lipinski definition) is 0. The van der Waals surface area contributed by atoms with Gasteiger partial charge >= 0.3 is 5.69 Å². The molecule has 0 atom stereocenters. The Bertz CT molecular complexity index is 511. The second kappa shape index (κ2) is 6.16. The smallest absolute Gasteiger partial charge is 0.318 e. The van der Waals surface area contributed by atoms with Crippen LogP contribution in [0.1, 0.15) is 12.5 Å². The van der Waals surface area contributed by atoms with Crippen LogP contribution in [0.3, 0.4) is 0 Å². The number of benzene rings is 1. The molecule has 0 aromatic heterocycles. The number of rotatable bonds is 5. The highest BCUT2D eigenvalue weighted by Gasteiger charge is 2.19. The number of para-hydroxylation sites is 1. The molecule has 0 aliphatic rings. The second-order valence-corrected chi connectivity index (χ2v) is 3.78. The minimum absolute atomic E-state index is 0.00367. The van der Waals surface area contributed by atoms with Crippen molar-refractivity contribution in [3.8, 4) is 5.75 Å². The Morgan fingerprint density at radius 3 is 2.67 bits per heavy atom. The third kappa shape index (κ3) is 3.07. The molecule has 0 saturated carbocycles. The van der Waals surface area contributed by atoms with Crippen molar-refractivity contribution in [3.63, 3.8) is 0 Å². The predicted molar refractivity (Wildman–Crippen MR) is 69.0 cm³/mol. The maximum absolute atomic E-state index is 11.3. The first kappa shape index (κ1) is 14.2. The molecule has 0 unspecified atom stereocenters. The van der Waals surface area contributed by atoms with E-state index in [2.05, 4.69) is 0 Å². The van der Waals surface area contributed by atoms with Crippen LogP contribution in [0.25, 0.3) is 6.08 Å². The van der Waals surface area contributed by atoms with Gasteiger partial charge in [-0.2, -0.15) is 0 Å². The molecule has 0 aliphatic heterocycles. The monoisotopic (exact) mass is 269 g/mol. The number of ketones is 1. The Balaban J connectivity index is 3.41. The van der Waals surface area contributed by atoms with Crippen molar-refractivity contribution in [2.24, 2.45) is 0 Å². The van der Waals surface area contributed by atoms with Gasteiger partial charge in [-0.05, 0) is 25.1 Å². The van der Waals surface area contributed by atoms with Gasteiger partial charge in [0.2, 0.25) is 0 Å². The lowest BCUT2D eigenvalue weighted by Gasteiger charge is -2.05. The van der Waals surface area contributed by atoms with Gasteiger partial charge in [0.25, 0.3) is 0 Å². The van der Waals surface area contributed by atoms with Crippen LogP contribution >= 0.6 is 11.6 Å². The van der Waals surface area contributed by atoms with Crippen molar-refractivity contribution < 1.29 is 14.5 Å². The zero-order valence-electron chi connectivity index (χ0n) is 9.97. The van der Waals surface area contributed by atoms with Crippen LogP contribution in [0, 0.1) is 10.1 Å². The number of nitro groups is 1. The highest BCUT2D eigenvalue weighted by molar-refractivity contribution is 6.23. The molecule has 1 rings (SSSR count). The maximum atomic E-state index is 11.3. The van der Waals surface area contributed by atoms with Crippen LogP contribution in [0.4, 0.5) is 5.69 Å². The van der Waals surface area contributed by atoms with Gasteiger partial charge in [-0.3, -0.25) is 14.9 Å². The minimum Gasteiger partial charge on any atom is -0.490 e. The Morgan fingerprint density at radius 1 is 1.56 bits per heavy atom. The molecule has 0 heterocycles. The molecule has 0 aliphatic carbocycles. The summed E-state index contributed by atoms with van der Waals surface area (Å²) >= 11 is 5.63. The molecule has 5 nitrogen and oxygen atoms in total.